The molecular weight excluding hydrogens is 372 g/mol. The normalized spacial score (nSPS) is 16.7. The molecule has 1 aliphatic heterocycles. The highest BCUT2D eigenvalue weighted by atomic mass is 16.5. The number of amides is 2. The Labute approximate surface area is 170 Å². The number of methoxy groups -OCH3 is 1. The molecule has 0 spiro atoms. The molecule has 1 fully saturated rings. The van der Waals surface area contributed by atoms with Crippen LogP contribution in [0.15, 0.2) is 48.5 Å². The summed E-state index contributed by atoms with van der Waals surface area (Å²) in [7, 11) is 1.57. The summed E-state index contributed by atoms with van der Waals surface area (Å²) in [5.41, 5.74) is 0.829. The summed E-state index contributed by atoms with van der Waals surface area (Å²) >= 11 is 0. The van der Waals surface area contributed by atoms with Crippen LogP contribution in [0.2, 0.25) is 0 Å². The number of anilines is 1. The zero-order valence-corrected chi connectivity index (χ0v) is 16.6. The molecule has 2 amide bonds. The van der Waals surface area contributed by atoms with E-state index in [4.69, 9.17) is 14.2 Å². The van der Waals surface area contributed by atoms with Crippen molar-refractivity contribution >= 4 is 17.5 Å². The summed E-state index contributed by atoms with van der Waals surface area (Å²) in [6, 6.07) is 13.9. The minimum atomic E-state index is -0.759. The molecule has 7 heteroatoms. The van der Waals surface area contributed by atoms with E-state index in [9.17, 15) is 9.59 Å². The Balaban J connectivity index is 1.61. The van der Waals surface area contributed by atoms with Crippen molar-refractivity contribution in [2.75, 3.05) is 25.6 Å². The zero-order chi connectivity index (χ0) is 20.6. The van der Waals surface area contributed by atoms with Crippen molar-refractivity contribution < 1.29 is 23.8 Å². The number of nitrogens with one attached hydrogen (secondary N) is 2. The number of rotatable bonds is 8. The van der Waals surface area contributed by atoms with E-state index in [-0.39, 0.29) is 17.9 Å². The number of ether oxygens (including phenoxy) is 3. The molecule has 1 heterocycles. The molecule has 7 nitrogen and oxygen atoms in total. The summed E-state index contributed by atoms with van der Waals surface area (Å²) in [4.78, 5) is 25.2. The largest absolute Gasteiger partial charge is 0.497 e. The van der Waals surface area contributed by atoms with E-state index in [2.05, 4.69) is 10.6 Å². The Kier molecular flexibility index (Phi) is 7.08. The van der Waals surface area contributed by atoms with E-state index in [1.165, 1.54) is 0 Å². The van der Waals surface area contributed by atoms with Gasteiger partial charge in [0.15, 0.2) is 6.10 Å². The van der Waals surface area contributed by atoms with Gasteiger partial charge in [0.05, 0.1) is 24.5 Å². The van der Waals surface area contributed by atoms with Crippen LogP contribution in [0.1, 0.15) is 30.1 Å². The van der Waals surface area contributed by atoms with Crippen LogP contribution in [0.25, 0.3) is 0 Å². The SMILES string of the molecule is COc1cccc(O[C@@H](C)C(=O)Nc2ccccc2C(=O)NC[C@H]2CCCO2)c1. The predicted octanol–water partition coefficient (Wildman–Crippen LogP) is 3.01. The van der Waals surface area contributed by atoms with Crippen molar-refractivity contribution in [3.63, 3.8) is 0 Å². The second kappa shape index (κ2) is 9.93. The lowest BCUT2D eigenvalue weighted by atomic mass is 10.1. The molecule has 0 radical (unpaired) electrons. The molecule has 29 heavy (non-hydrogen) atoms. The Morgan fingerprint density at radius 3 is 2.72 bits per heavy atom. The van der Waals surface area contributed by atoms with E-state index in [0.717, 1.165) is 19.4 Å². The van der Waals surface area contributed by atoms with Gasteiger partial charge in [-0.15, -0.1) is 0 Å². The Morgan fingerprint density at radius 2 is 1.97 bits per heavy atom. The third-order valence-electron chi connectivity index (χ3n) is 4.67. The first-order valence-electron chi connectivity index (χ1n) is 9.67. The van der Waals surface area contributed by atoms with Crippen molar-refractivity contribution in [1.82, 2.24) is 5.32 Å². The minimum absolute atomic E-state index is 0.0528. The lowest BCUT2D eigenvalue weighted by Gasteiger charge is -2.17. The van der Waals surface area contributed by atoms with Crippen LogP contribution in [-0.4, -0.2) is 44.3 Å². The number of hydrogen-bond acceptors (Lipinski definition) is 5. The second-order valence-corrected chi connectivity index (χ2v) is 6.82. The van der Waals surface area contributed by atoms with E-state index < -0.39 is 6.10 Å². The average molecular weight is 398 g/mol. The molecule has 0 unspecified atom stereocenters. The number of hydrogen-bond donors (Lipinski definition) is 2. The van der Waals surface area contributed by atoms with Gasteiger partial charge in [-0.25, -0.2) is 0 Å². The Bertz CT molecular complexity index is 849. The summed E-state index contributed by atoms with van der Waals surface area (Å²) in [5.74, 6) is 0.558. The average Bonchev–Trinajstić information content (AvgIpc) is 3.26. The zero-order valence-electron chi connectivity index (χ0n) is 16.6. The maximum Gasteiger partial charge on any atom is 0.265 e. The molecule has 1 aliphatic rings. The van der Waals surface area contributed by atoms with Crippen LogP contribution in [-0.2, 0) is 9.53 Å². The third-order valence-corrected chi connectivity index (χ3v) is 4.67. The molecule has 0 bridgehead atoms. The molecule has 3 rings (SSSR count). The van der Waals surface area contributed by atoms with E-state index in [1.807, 2.05) is 0 Å². The van der Waals surface area contributed by atoms with Crippen LogP contribution in [0, 0.1) is 0 Å². The predicted molar refractivity (Wildman–Crippen MR) is 109 cm³/mol. The number of carbonyl (C=O) groups is 2. The fourth-order valence-corrected chi connectivity index (χ4v) is 3.06. The van der Waals surface area contributed by atoms with Gasteiger partial charge < -0.3 is 24.8 Å². The molecule has 1 saturated heterocycles. The highest BCUT2D eigenvalue weighted by Crippen LogP contribution is 2.21. The topological polar surface area (TPSA) is 85.9 Å². The van der Waals surface area contributed by atoms with Crippen LogP contribution < -0.4 is 20.1 Å². The van der Waals surface area contributed by atoms with E-state index in [1.54, 1.807) is 62.6 Å². The Morgan fingerprint density at radius 1 is 1.17 bits per heavy atom. The van der Waals surface area contributed by atoms with Crippen molar-refractivity contribution in [3.8, 4) is 11.5 Å². The maximum absolute atomic E-state index is 12.6. The molecule has 0 aliphatic carbocycles. The lowest BCUT2D eigenvalue weighted by Crippen LogP contribution is -2.34. The van der Waals surface area contributed by atoms with Gasteiger partial charge in [-0.1, -0.05) is 18.2 Å². The molecule has 0 saturated carbocycles. The van der Waals surface area contributed by atoms with Crippen molar-refractivity contribution in [1.29, 1.82) is 0 Å². The third kappa shape index (κ3) is 5.71. The van der Waals surface area contributed by atoms with Gasteiger partial charge in [-0.3, -0.25) is 9.59 Å². The van der Waals surface area contributed by atoms with Crippen LogP contribution in [0.5, 0.6) is 11.5 Å². The highest BCUT2D eigenvalue weighted by molar-refractivity contribution is 6.04. The van der Waals surface area contributed by atoms with Crippen molar-refractivity contribution in [2.45, 2.75) is 32.0 Å². The summed E-state index contributed by atoms with van der Waals surface area (Å²) in [5, 5.41) is 5.66. The van der Waals surface area contributed by atoms with Crippen LogP contribution in [0.4, 0.5) is 5.69 Å². The first-order valence-corrected chi connectivity index (χ1v) is 9.67. The molecular formula is C22H26N2O5. The number of benzene rings is 2. The van der Waals surface area contributed by atoms with Gasteiger partial charge in [-0.05, 0) is 44.0 Å². The quantitative estimate of drug-likeness (QED) is 0.714. The van der Waals surface area contributed by atoms with Gasteiger partial charge in [0.25, 0.3) is 11.8 Å². The van der Waals surface area contributed by atoms with Gasteiger partial charge >= 0.3 is 0 Å². The highest BCUT2D eigenvalue weighted by Gasteiger charge is 2.20. The molecule has 0 aromatic heterocycles. The van der Waals surface area contributed by atoms with Crippen molar-refractivity contribution in [3.05, 3.63) is 54.1 Å². The number of para-hydroxylation sites is 1. The van der Waals surface area contributed by atoms with E-state index in [0.29, 0.717) is 29.3 Å². The van der Waals surface area contributed by atoms with Crippen LogP contribution >= 0.6 is 0 Å². The lowest BCUT2D eigenvalue weighted by molar-refractivity contribution is -0.122. The maximum atomic E-state index is 12.6. The number of carbonyl (C=O) groups excluding carboxylic acids is 2. The minimum Gasteiger partial charge on any atom is -0.497 e. The second-order valence-electron chi connectivity index (χ2n) is 6.82. The van der Waals surface area contributed by atoms with Gasteiger partial charge in [0.1, 0.15) is 11.5 Å². The molecule has 2 aromatic carbocycles. The first kappa shape index (κ1) is 20.7. The smallest absolute Gasteiger partial charge is 0.265 e. The van der Waals surface area contributed by atoms with Gasteiger partial charge in [0, 0.05) is 19.2 Å². The fraction of sp³-hybridized carbons (Fsp3) is 0.364. The van der Waals surface area contributed by atoms with Crippen molar-refractivity contribution in [2.24, 2.45) is 0 Å². The van der Waals surface area contributed by atoms with E-state index >= 15 is 0 Å². The summed E-state index contributed by atoms with van der Waals surface area (Å²) < 4.78 is 16.4. The Hall–Kier alpha value is -3.06. The van der Waals surface area contributed by atoms with Crippen LogP contribution in [0.3, 0.4) is 0 Å². The monoisotopic (exact) mass is 398 g/mol. The van der Waals surface area contributed by atoms with Gasteiger partial charge in [-0.2, -0.15) is 0 Å². The summed E-state index contributed by atoms with van der Waals surface area (Å²) in [6.07, 6.45) is 1.25. The molecule has 2 aromatic rings. The summed E-state index contributed by atoms with van der Waals surface area (Å²) in [6.45, 7) is 2.84. The molecule has 2 N–H and O–H groups in total. The standard InChI is InChI=1S/C22H26N2O5/c1-15(29-17-8-5-7-16(13-17)27-2)21(25)24-20-11-4-3-10-19(20)22(26)23-14-18-9-6-12-28-18/h3-5,7-8,10-11,13,15,18H,6,9,12,14H2,1-2H3,(H,23,26)(H,24,25)/t15-,18+/m0/s1. The molecule has 2 atom stereocenters. The molecule has 154 valence electrons. The van der Waals surface area contributed by atoms with Gasteiger partial charge in [0.2, 0.25) is 0 Å². The first-order chi connectivity index (χ1) is 14.1. The fourth-order valence-electron chi connectivity index (χ4n) is 3.06.